The molecule has 0 unspecified atom stereocenters. The van der Waals surface area contributed by atoms with Crippen molar-refractivity contribution in [3.63, 3.8) is 0 Å². The topological polar surface area (TPSA) is 73.5 Å². The van der Waals surface area contributed by atoms with Crippen LogP contribution in [-0.2, 0) is 6.54 Å². The molecule has 0 bridgehead atoms. The number of H-pyrrole nitrogens is 1. The minimum Gasteiger partial charge on any atom is -0.497 e. The summed E-state index contributed by atoms with van der Waals surface area (Å²) in [6.45, 7) is 4.63. The number of benzene rings is 2. The number of nitrogens with one attached hydrogen (secondary N) is 1. The maximum atomic E-state index is 5.66. The number of aromatic nitrogens is 6. The largest absolute Gasteiger partial charge is 0.497 e. The van der Waals surface area contributed by atoms with Crippen LogP contribution in [0, 0.1) is 18.5 Å². The molecule has 0 spiro atoms. The third-order valence-corrected chi connectivity index (χ3v) is 4.96. The molecule has 28 heavy (non-hydrogen) atoms. The van der Waals surface area contributed by atoms with Gasteiger partial charge in [-0.05, 0) is 54.0 Å². The molecule has 142 valence electrons. The summed E-state index contributed by atoms with van der Waals surface area (Å²) in [5.41, 5.74) is 5.12. The first kappa shape index (κ1) is 18.1. The second kappa shape index (κ2) is 7.40. The lowest BCUT2D eigenvalue weighted by Gasteiger charge is -2.07. The average molecular weight is 392 g/mol. The first-order valence-electron chi connectivity index (χ1n) is 8.84. The normalized spacial score (nSPS) is 11.0. The van der Waals surface area contributed by atoms with Crippen LogP contribution in [0.5, 0.6) is 5.75 Å². The van der Waals surface area contributed by atoms with Gasteiger partial charge in [-0.1, -0.05) is 36.5 Å². The minimum atomic E-state index is 0.499. The van der Waals surface area contributed by atoms with E-state index in [1.807, 2.05) is 35.1 Å². The van der Waals surface area contributed by atoms with Gasteiger partial charge in [-0.25, -0.2) is 4.68 Å². The Morgan fingerprint density at radius 3 is 2.64 bits per heavy atom. The highest BCUT2D eigenvalue weighted by Gasteiger charge is 2.13. The van der Waals surface area contributed by atoms with E-state index in [1.165, 1.54) is 5.56 Å². The molecule has 0 saturated carbocycles. The smallest absolute Gasteiger partial charge is 0.209 e. The Kier molecular flexibility index (Phi) is 4.79. The predicted molar refractivity (Wildman–Crippen MR) is 109 cm³/mol. The maximum Gasteiger partial charge on any atom is 0.209 e. The molecule has 0 atom stereocenters. The van der Waals surface area contributed by atoms with E-state index in [0.717, 1.165) is 28.1 Å². The zero-order chi connectivity index (χ0) is 19.7. The van der Waals surface area contributed by atoms with Crippen LogP contribution in [0.1, 0.15) is 16.7 Å². The lowest BCUT2D eigenvalue weighted by Crippen LogP contribution is -2.04. The number of aromatic amines is 1. The Morgan fingerprint density at radius 1 is 1.11 bits per heavy atom. The third-order valence-electron chi connectivity index (χ3n) is 4.55. The highest BCUT2D eigenvalue weighted by Crippen LogP contribution is 2.21. The summed E-state index contributed by atoms with van der Waals surface area (Å²) in [6, 6.07) is 14.0. The lowest BCUT2D eigenvalue weighted by atomic mass is 10.1. The van der Waals surface area contributed by atoms with Crippen LogP contribution in [0.25, 0.3) is 17.1 Å². The molecule has 0 fully saturated rings. The van der Waals surface area contributed by atoms with Gasteiger partial charge in [0.05, 0.1) is 24.9 Å². The van der Waals surface area contributed by atoms with E-state index in [0.29, 0.717) is 17.0 Å². The van der Waals surface area contributed by atoms with Crippen LogP contribution in [0.3, 0.4) is 0 Å². The zero-order valence-corrected chi connectivity index (χ0v) is 16.7. The van der Waals surface area contributed by atoms with Gasteiger partial charge in [-0.3, -0.25) is 5.10 Å². The maximum absolute atomic E-state index is 5.66. The van der Waals surface area contributed by atoms with Crippen molar-refractivity contribution in [1.82, 2.24) is 30.0 Å². The molecule has 8 heteroatoms. The van der Waals surface area contributed by atoms with Gasteiger partial charge in [0, 0.05) is 6.20 Å². The monoisotopic (exact) mass is 392 g/mol. The second-order valence-electron chi connectivity index (χ2n) is 6.61. The fourth-order valence-corrected chi connectivity index (χ4v) is 3.28. The van der Waals surface area contributed by atoms with Gasteiger partial charge in [0.15, 0.2) is 0 Å². The number of rotatable bonds is 5. The van der Waals surface area contributed by atoms with Crippen molar-refractivity contribution in [1.29, 1.82) is 0 Å². The number of hydrogen-bond acceptors (Lipinski definition) is 5. The summed E-state index contributed by atoms with van der Waals surface area (Å²) in [7, 11) is 1.65. The highest BCUT2D eigenvalue weighted by molar-refractivity contribution is 7.71. The van der Waals surface area contributed by atoms with E-state index >= 15 is 0 Å². The molecular weight excluding hydrogens is 372 g/mol. The summed E-state index contributed by atoms with van der Waals surface area (Å²) in [6.07, 6.45) is 1.82. The van der Waals surface area contributed by atoms with Gasteiger partial charge >= 0.3 is 0 Å². The van der Waals surface area contributed by atoms with Crippen molar-refractivity contribution in [2.75, 3.05) is 7.11 Å². The van der Waals surface area contributed by atoms with Crippen LogP contribution >= 0.6 is 12.2 Å². The molecule has 4 aromatic rings. The first-order valence-corrected chi connectivity index (χ1v) is 9.25. The van der Waals surface area contributed by atoms with Crippen LogP contribution < -0.4 is 4.74 Å². The van der Waals surface area contributed by atoms with Crippen molar-refractivity contribution in [2.24, 2.45) is 0 Å². The third kappa shape index (κ3) is 3.46. The van der Waals surface area contributed by atoms with Gasteiger partial charge in [-0.2, -0.15) is 4.80 Å². The number of methoxy groups -OCH3 is 1. The van der Waals surface area contributed by atoms with E-state index in [-0.39, 0.29) is 0 Å². The second-order valence-corrected chi connectivity index (χ2v) is 7.00. The van der Waals surface area contributed by atoms with Crippen LogP contribution in [0.4, 0.5) is 0 Å². The van der Waals surface area contributed by atoms with Crippen LogP contribution in [0.2, 0.25) is 0 Å². The Balaban J connectivity index is 1.61. The molecule has 0 saturated heterocycles. The summed E-state index contributed by atoms with van der Waals surface area (Å²) in [5, 5.41) is 16.0. The molecule has 2 heterocycles. The molecule has 2 aromatic carbocycles. The van der Waals surface area contributed by atoms with Crippen molar-refractivity contribution < 1.29 is 4.74 Å². The molecule has 7 nitrogen and oxygen atoms in total. The molecule has 0 radical (unpaired) electrons. The van der Waals surface area contributed by atoms with E-state index in [1.54, 1.807) is 11.9 Å². The van der Waals surface area contributed by atoms with E-state index in [2.05, 4.69) is 52.6 Å². The van der Waals surface area contributed by atoms with Gasteiger partial charge < -0.3 is 4.74 Å². The zero-order valence-electron chi connectivity index (χ0n) is 15.9. The Labute approximate surface area is 167 Å². The Morgan fingerprint density at radius 2 is 1.89 bits per heavy atom. The molecule has 0 aliphatic carbocycles. The quantitative estimate of drug-likeness (QED) is 0.522. The first-order chi connectivity index (χ1) is 13.5. The average Bonchev–Trinajstić information content (AvgIpc) is 3.31. The summed E-state index contributed by atoms with van der Waals surface area (Å²) in [4.78, 5) is 1.56. The molecule has 0 aliphatic heterocycles. The SMILES string of the molecule is COc1ccc(Cn2nnc(-c3c[nH]n(-c4cc(C)ccc4C)c3=S)n2)cc1. The molecule has 0 amide bonds. The van der Waals surface area contributed by atoms with Gasteiger partial charge in [0.2, 0.25) is 5.82 Å². The molecule has 4 rings (SSSR count). The van der Waals surface area contributed by atoms with E-state index in [4.69, 9.17) is 17.0 Å². The lowest BCUT2D eigenvalue weighted by molar-refractivity contribution is 0.414. The molecule has 1 N–H and O–H groups in total. The summed E-state index contributed by atoms with van der Waals surface area (Å²) < 4.78 is 7.68. The highest BCUT2D eigenvalue weighted by atomic mass is 32.1. The standard InChI is InChI=1S/C20H20N6OS/c1-13-4-5-14(2)18(10-13)26-20(28)17(11-21-26)19-22-24-25(23-19)12-15-6-8-16(27-3)9-7-15/h4-11,21H,12H2,1-3H3. The van der Waals surface area contributed by atoms with E-state index < -0.39 is 0 Å². The van der Waals surface area contributed by atoms with Crippen molar-refractivity contribution >= 4 is 12.2 Å². The van der Waals surface area contributed by atoms with Gasteiger partial charge in [0.25, 0.3) is 0 Å². The Hall–Kier alpha value is -3.26. The number of tetrazole rings is 1. The molecular formula is C20H20N6OS. The van der Waals surface area contributed by atoms with Gasteiger partial charge in [-0.15, -0.1) is 10.2 Å². The Bertz CT molecular complexity index is 1170. The fourth-order valence-electron chi connectivity index (χ4n) is 2.98. The van der Waals surface area contributed by atoms with Crippen molar-refractivity contribution in [3.05, 3.63) is 70.0 Å². The summed E-state index contributed by atoms with van der Waals surface area (Å²) >= 11 is 5.66. The number of ether oxygens (including phenoxy) is 1. The molecule has 2 aromatic heterocycles. The van der Waals surface area contributed by atoms with Gasteiger partial charge in [0.1, 0.15) is 10.4 Å². The minimum absolute atomic E-state index is 0.499. The van der Waals surface area contributed by atoms with Crippen molar-refractivity contribution in [2.45, 2.75) is 20.4 Å². The van der Waals surface area contributed by atoms with Crippen LogP contribution in [-0.4, -0.2) is 37.1 Å². The van der Waals surface area contributed by atoms with Crippen molar-refractivity contribution in [3.8, 4) is 22.8 Å². The summed E-state index contributed by atoms with van der Waals surface area (Å²) in [5.74, 6) is 1.31. The number of hydrogen-bond donors (Lipinski definition) is 1. The fraction of sp³-hybridized carbons (Fsp3) is 0.200. The molecule has 0 aliphatic rings. The predicted octanol–water partition coefficient (Wildman–Crippen LogP) is 3.86. The van der Waals surface area contributed by atoms with Crippen LogP contribution in [0.15, 0.2) is 48.7 Å². The number of aryl methyl sites for hydroxylation is 2. The number of nitrogens with zero attached hydrogens (tertiary/aromatic N) is 5. The van der Waals surface area contributed by atoms with E-state index in [9.17, 15) is 0 Å².